The average molecular weight is 339 g/mol. The highest BCUT2D eigenvalue weighted by Gasteiger charge is 2.32. The number of hydrogen-bond donors (Lipinski definition) is 0. The summed E-state index contributed by atoms with van der Waals surface area (Å²) in [5.41, 5.74) is 1.56. The van der Waals surface area contributed by atoms with Crippen molar-refractivity contribution in [3.63, 3.8) is 0 Å². The summed E-state index contributed by atoms with van der Waals surface area (Å²) in [6.45, 7) is 6.47. The van der Waals surface area contributed by atoms with Crippen LogP contribution in [0.3, 0.4) is 0 Å². The number of anilines is 1. The fourth-order valence-corrected chi connectivity index (χ4v) is 3.95. The summed E-state index contributed by atoms with van der Waals surface area (Å²) in [5.74, 6) is -0.149. The zero-order valence-corrected chi connectivity index (χ0v) is 15.0. The van der Waals surface area contributed by atoms with E-state index in [9.17, 15) is 13.2 Å². The molecule has 1 amide bonds. The summed E-state index contributed by atoms with van der Waals surface area (Å²) in [6, 6.07) is 6.42. The molecular formula is C16H25N3O3S. The fraction of sp³-hybridized carbons (Fsp3) is 0.562. The zero-order valence-electron chi connectivity index (χ0n) is 14.2. The van der Waals surface area contributed by atoms with Crippen molar-refractivity contribution in [1.82, 2.24) is 9.80 Å². The molecule has 0 saturated carbocycles. The van der Waals surface area contributed by atoms with Gasteiger partial charge in [0.2, 0.25) is 15.9 Å². The molecule has 7 heteroatoms. The molecule has 0 spiro atoms. The van der Waals surface area contributed by atoms with Crippen LogP contribution in [0.1, 0.15) is 12.5 Å². The number of rotatable bonds is 4. The lowest BCUT2D eigenvalue weighted by Gasteiger charge is -2.36. The van der Waals surface area contributed by atoms with Crippen LogP contribution in [0.15, 0.2) is 24.3 Å². The summed E-state index contributed by atoms with van der Waals surface area (Å²) in [5, 5.41) is 0. The van der Waals surface area contributed by atoms with Crippen molar-refractivity contribution in [3.05, 3.63) is 29.8 Å². The zero-order chi connectivity index (χ0) is 17.2. The van der Waals surface area contributed by atoms with E-state index in [1.165, 1.54) is 4.31 Å². The Balaban J connectivity index is 2.25. The molecule has 1 heterocycles. The molecule has 1 fully saturated rings. The first-order valence-electron chi connectivity index (χ1n) is 7.73. The van der Waals surface area contributed by atoms with Crippen molar-refractivity contribution in [2.24, 2.45) is 0 Å². The quantitative estimate of drug-likeness (QED) is 0.819. The molecule has 2 rings (SSSR count). The molecule has 0 radical (unpaired) electrons. The van der Waals surface area contributed by atoms with Crippen LogP contribution in [-0.4, -0.2) is 69.6 Å². The van der Waals surface area contributed by atoms with Gasteiger partial charge in [-0.3, -0.25) is 9.10 Å². The molecule has 23 heavy (non-hydrogen) atoms. The Morgan fingerprint density at radius 1 is 1.13 bits per heavy atom. The molecule has 0 N–H and O–H groups in total. The van der Waals surface area contributed by atoms with Crippen LogP contribution in [0.5, 0.6) is 0 Å². The largest absolute Gasteiger partial charge is 0.338 e. The maximum absolute atomic E-state index is 12.7. The number of aryl methyl sites for hydroxylation is 1. The van der Waals surface area contributed by atoms with Gasteiger partial charge in [-0.2, -0.15) is 0 Å². The van der Waals surface area contributed by atoms with Crippen molar-refractivity contribution in [2.75, 3.05) is 43.8 Å². The number of nitrogens with zero attached hydrogens (tertiary/aromatic N) is 3. The lowest BCUT2D eigenvalue weighted by Crippen LogP contribution is -2.54. The van der Waals surface area contributed by atoms with E-state index >= 15 is 0 Å². The van der Waals surface area contributed by atoms with Crippen LogP contribution in [0.25, 0.3) is 0 Å². The van der Waals surface area contributed by atoms with E-state index in [1.807, 2.05) is 26.1 Å². The molecule has 1 aromatic rings. The Labute approximate surface area is 138 Å². The van der Waals surface area contributed by atoms with Gasteiger partial charge in [0, 0.05) is 26.2 Å². The Hall–Kier alpha value is -1.60. The number of carbonyl (C=O) groups is 1. The van der Waals surface area contributed by atoms with E-state index in [0.29, 0.717) is 18.8 Å². The minimum atomic E-state index is -3.55. The van der Waals surface area contributed by atoms with Crippen LogP contribution < -0.4 is 4.31 Å². The number of likely N-dealkylation sites (N-methyl/N-ethyl adjacent to an activating group) is 1. The van der Waals surface area contributed by atoms with E-state index in [0.717, 1.165) is 24.9 Å². The van der Waals surface area contributed by atoms with Crippen molar-refractivity contribution >= 4 is 21.6 Å². The topological polar surface area (TPSA) is 60.9 Å². The highest BCUT2D eigenvalue weighted by Crippen LogP contribution is 2.22. The van der Waals surface area contributed by atoms with Gasteiger partial charge in [-0.25, -0.2) is 8.42 Å². The normalized spacial score (nSPS) is 17.8. The molecule has 1 aliphatic heterocycles. The SMILES string of the molecule is Cc1ccc(N([C@@H](C)C(=O)N2CCN(C)CC2)S(C)(=O)=O)cc1. The molecular weight excluding hydrogens is 314 g/mol. The number of sulfonamides is 1. The molecule has 1 atom stereocenters. The molecule has 0 unspecified atom stereocenters. The molecule has 0 aliphatic carbocycles. The molecule has 6 nitrogen and oxygen atoms in total. The number of hydrogen-bond acceptors (Lipinski definition) is 4. The van der Waals surface area contributed by atoms with Gasteiger partial charge in [-0.1, -0.05) is 17.7 Å². The Bertz CT molecular complexity index is 650. The molecule has 128 valence electrons. The van der Waals surface area contributed by atoms with Crippen LogP contribution >= 0.6 is 0 Å². The van der Waals surface area contributed by atoms with Gasteiger partial charge < -0.3 is 9.80 Å². The Morgan fingerprint density at radius 2 is 1.65 bits per heavy atom. The monoisotopic (exact) mass is 339 g/mol. The van der Waals surface area contributed by atoms with Gasteiger partial charge in [0.1, 0.15) is 6.04 Å². The second-order valence-electron chi connectivity index (χ2n) is 6.20. The summed E-state index contributed by atoms with van der Waals surface area (Å²) >= 11 is 0. The van der Waals surface area contributed by atoms with Gasteiger partial charge in [0.05, 0.1) is 11.9 Å². The molecule has 1 aliphatic rings. The summed E-state index contributed by atoms with van der Waals surface area (Å²) in [6.07, 6.45) is 1.14. The predicted molar refractivity (Wildman–Crippen MR) is 92.0 cm³/mol. The van der Waals surface area contributed by atoms with Crippen molar-refractivity contribution < 1.29 is 13.2 Å². The van der Waals surface area contributed by atoms with Crippen LogP contribution in [0.4, 0.5) is 5.69 Å². The van der Waals surface area contributed by atoms with E-state index < -0.39 is 16.1 Å². The Kier molecular flexibility index (Phi) is 5.31. The lowest BCUT2D eigenvalue weighted by molar-refractivity contribution is -0.133. The van der Waals surface area contributed by atoms with E-state index in [1.54, 1.807) is 24.0 Å². The van der Waals surface area contributed by atoms with Gasteiger partial charge in [-0.15, -0.1) is 0 Å². The minimum absolute atomic E-state index is 0.149. The van der Waals surface area contributed by atoms with Gasteiger partial charge in [0.25, 0.3) is 0 Å². The smallest absolute Gasteiger partial charge is 0.246 e. The number of amides is 1. The van der Waals surface area contributed by atoms with Crippen LogP contribution in [-0.2, 0) is 14.8 Å². The highest BCUT2D eigenvalue weighted by atomic mass is 32.2. The fourth-order valence-electron chi connectivity index (χ4n) is 2.79. The first-order chi connectivity index (χ1) is 10.7. The molecule has 1 saturated heterocycles. The maximum atomic E-state index is 12.7. The first-order valence-corrected chi connectivity index (χ1v) is 9.58. The number of piperazine rings is 1. The molecule has 1 aromatic carbocycles. The standard InChI is InChI=1S/C16H25N3O3S/c1-13-5-7-15(8-6-13)19(23(4,21)22)14(2)16(20)18-11-9-17(3)10-12-18/h5-8,14H,9-12H2,1-4H3/t14-/m0/s1. The summed E-state index contributed by atoms with van der Waals surface area (Å²) < 4.78 is 25.7. The van der Waals surface area contributed by atoms with Crippen LogP contribution in [0.2, 0.25) is 0 Å². The predicted octanol–water partition coefficient (Wildman–Crippen LogP) is 0.924. The number of benzene rings is 1. The van der Waals surface area contributed by atoms with Crippen LogP contribution in [0, 0.1) is 6.92 Å². The minimum Gasteiger partial charge on any atom is -0.338 e. The van der Waals surface area contributed by atoms with Gasteiger partial charge in [0.15, 0.2) is 0 Å². The first kappa shape index (κ1) is 17.7. The maximum Gasteiger partial charge on any atom is 0.246 e. The van der Waals surface area contributed by atoms with Crippen molar-refractivity contribution in [3.8, 4) is 0 Å². The summed E-state index contributed by atoms with van der Waals surface area (Å²) in [7, 11) is -1.53. The van der Waals surface area contributed by atoms with Gasteiger partial charge in [-0.05, 0) is 33.0 Å². The molecule has 0 bridgehead atoms. The van der Waals surface area contributed by atoms with E-state index in [2.05, 4.69) is 4.90 Å². The van der Waals surface area contributed by atoms with Crippen molar-refractivity contribution in [2.45, 2.75) is 19.9 Å². The Morgan fingerprint density at radius 3 is 2.13 bits per heavy atom. The summed E-state index contributed by atoms with van der Waals surface area (Å²) in [4.78, 5) is 16.6. The second-order valence-corrected chi connectivity index (χ2v) is 8.06. The third-order valence-electron chi connectivity index (χ3n) is 4.17. The third-order valence-corrected chi connectivity index (χ3v) is 5.41. The number of carbonyl (C=O) groups excluding carboxylic acids is 1. The van der Waals surface area contributed by atoms with E-state index in [-0.39, 0.29) is 5.91 Å². The average Bonchev–Trinajstić information content (AvgIpc) is 2.48. The van der Waals surface area contributed by atoms with E-state index in [4.69, 9.17) is 0 Å². The van der Waals surface area contributed by atoms with Gasteiger partial charge >= 0.3 is 0 Å². The third kappa shape index (κ3) is 4.23. The highest BCUT2D eigenvalue weighted by molar-refractivity contribution is 7.92. The second kappa shape index (κ2) is 6.88. The van der Waals surface area contributed by atoms with Crippen molar-refractivity contribution in [1.29, 1.82) is 0 Å². The lowest BCUT2D eigenvalue weighted by atomic mass is 10.2. The molecule has 0 aromatic heterocycles.